The largest absolute Gasteiger partial charge is 0.496 e. The van der Waals surface area contributed by atoms with Gasteiger partial charge in [0, 0.05) is 49.7 Å². The van der Waals surface area contributed by atoms with Crippen LogP contribution in [0.5, 0.6) is 5.75 Å². The first-order valence-corrected chi connectivity index (χ1v) is 11.4. The third-order valence-corrected chi connectivity index (χ3v) is 5.84. The minimum absolute atomic E-state index is 0.279. The van der Waals surface area contributed by atoms with E-state index in [2.05, 4.69) is 46.3 Å². The molecule has 2 aromatic carbocycles. The Hall–Kier alpha value is -3.25. The Morgan fingerprint density at radius 1 is 1.15 bits per heavy atom. The van der Waals surface area contributed by atoms with Crippen LogP contribution < -0.4 is 4.74 Å². The first-order chi connectivity index (χ1) is 15.7. The van der Waals surface area contributed by atoms with Crippen LogP contribution in [0.4, 0.5) is 4.79 Å². The predicted octanol–water partition coefficient (Wildman–Crippen LogP) is 5.41. The number of carbonyl (C=O) groups is 1. The molecule has 0 unspecified atom stereocenters. The molecule has 0 saturated carbocycles. The molecule has 1 amide bonds. The van der Waals surface area contributed by atoms with E-state index in [1.807, 2.05) is 39.0 Å². The Morgan fingerprint density at radius 3 is 2.70 bits per heavy atom. The highest BCUT2D eigenvalue weighted by atomic mass is 16.6. The van der Waals surface area contributed by atoms with Crippen molar-refractivity contribution in [2.24, 2.45) is 0 Å². The van der Waals surface area contributed by atoms with Gasteiger partial charge in [-0.05, 0) is 62.2 Å². The van der Waals surface area contributed by atoms with Gasteiger partial charge in [0.1, 0.15) is 11.4 Å². The number of fused-ring (bicyclic) bond motifs is 1. The Bertz CT molecular complexity index is 1170. The molecule has 6 heteroatoms. The van der Waals surface area contributed by atoms with E-state index in [1.165, 1.54) is 16.5 Å². The first-order valence-electron chi connectivity index (χ1n) is 11.4. The number of hydrogen-bond acceptors (Lipinski definition) is 4. The molecule has 0 spiro atoms. The standard InChI is InChI=1S/C27H33N3O3/c1-27(2,3)33-26(31)29(4)14-15-30-13-12-20(18-30)19-10-11-23-21(16-19)17-24(28-23)22-8-6-7-9-25(22)32-5/h6-12,16-17,28H,13-15,18H2,1-5H3. The molecule has 0 atom stereocenters. The zero-order valence-corrected chi connectivity index (χ0v) is 20.1. The molecule has 4 rings (SSSR count). The third kappa shape index (κ3) is 5.40. The quantitative estimate of drug-likeness (QED) is 0.549. The molecule has 0 aliphatic carbocycles. The van der Waals surface area contributed by atoms with E-state index in [4.69, 9.17) is 9.47 Å². The van der Waals surface area contributed by atoms with E-state index in [0.717, 1.165) is 42.2 Å². The Morgan fingerprint density at radius 2 is 1.94 bits per heavy atom. The number of hydrogen-bond donors (Lipinski definition) is 1. The third-order valence-electron chi connectivity index (χ3n) is 5.84. The van der Waals surface area contributed by atoms with Crippen molar-refractivity contribution in [3.8, 4) is 17.0 Å². The highest BCUT2D eigenvalue weighted by Crippen LogP contribution is 2.33. The molecule has 1 aromatic heterocycles. The molecular weight excluding hydrogens is 414 g/mol. The predicted molar refractivity (Wildman–Crippen MR) is 134 cm³/mol. The van der Waals surface area contributed by atoms with E-state index in [0.29, 0.717) is 6.54 Å². The number of aromatic amines is 1. The van der Waals surface area contributed by atoms with Crippen molar-refractivity contribution in [1.29, 1.82) is 0 Å². The second-order valence-corrected chi connectivity index (χ2v) is 9.55. The summed E-state index contributed by atoms with van der Waals surface area (Å²) in [5.41, 5.74) is 5.28. The number of methoxy groups -OCH3 is 1. The van der Waals surface area contributed by atoms with Crippen LogP contribution in [0.1, 0.15) is 26.3 Å². The fraction of sp³-hybridized carbons (Fsp3) is 0.370. The number of benzene rings is 2. The number of para-hydroxylation sites is 1. The fourth-order valence-electron chi connectivity index (χ4n) is 4.06. The lowest BCUT2D eigenvalue weighted by atomic mass is 10.0. The summed E-state index contributed by atoms with van der Waals surface area (Å²) in [5, 5.41) is 1.18. The molecule has 2 heterocycles. The summed E-state index contributed by atoms with van der Waals surface area (Å²) in [5.74, 6) is 0.856. The number of amides is 1. The van der Waals surface area contributed by atoms with Gasteiger partial charge >= 0.3 is 6.09 Å². The van der Waals surface area contributed by atoms with Crippen molar-refractivity contribution in [3.05, 3.63) is 60.2 Å². The topological polar surface area (TPSA) is 57.8 Å². The second-order valence-electron chi connectivity index (χ2n) is 9.55. The Kier molecular flexibility index (Phi) is 6.47. The van der Waals surface area contributed by atoms with Gasteiger partial charge < -0.3 is 19.4 Å². The maximum atomic E-state index is 12.2. The lowest BCUT2D eigenvalue weighted by Crippen LogP contribution is -2.38. The molecule has 1 aliphatic rings. The van der Waals surface area contributed by atoms with Crippen molar-refractivity contribution in [2.75, 3.05) is 40.3 Å². The molecule has 6 nitrogen and oxygen atoms in total. The van der Waals surface area contributed by atoms with Crippen LogP contribution >= 0.6 is 0 Å². The van der Waals surface area contributed by atoms with Crippen molar-refractivity contribution < 1.29 is 14.3 Å². The first kappa shape index (κ1) is 22.9. The Labute approximate surface area is 195 Å². The molecule has 0 saturated heterocycles. The van der Waals surface area contributed by atoms with Crippen LogP contribution in [0.3, 0.4) is 0 Å². The van der Waals surface area contributed by atoms with E-state index in [9.17, 15) is 4.79 Å². The van der Waals surface area contributed by atoms with Gasteiger partial charge in [0.15, 0.2) is 0 Å². The highest BCUT2D eigenvalue weighted by molar-refractivity contribution is 5.90. The summed E-state index contributed by atoms with van der Waals surface area (Å²) < 4.78 is 11.0. The number of ether oxygens (including phenoxy) is 2. The summed E-state index contributed by atoms with van der Waals surface area (Å²) in [6.45, 7) is 8.85. The number of aromatic nitrogens is 1. The maximum Gasteiger partial charge on any atom is 0.410 e. The molecule has 0 fully saturated rings. The van der Waals surface area contributed by atoms with E-state index in [-0.39, 0.29) is 6.09 Å². The lowest BCUT2D eigenvalue weighted by molar-refractivity contribution is 0.0288. The normalized spacial score (nSPS) is 14.4. The minimum Gasteiger partial charge on any atom is -0.496 e. The number of nitrogens with one attached hydrogen (secondary N) is 1. The van der Waals surface area contributed by atoms with E-state index in [1.54, 1.807) is 19.1 Å². The molecule has 174 valence electrons. The smallest absolute Gasteiger partial charge is 0.410 e. The number of nitrogens with zero attached hydrogens (tertiary/aromatic N) is 2. The molecule has 0 bridgehead atoms. The SMILES string of the molecule is COc1ccccc1-c1cc2cc(C3=CCN(CCN(C)C(=O)OC(C)(C)C)C3)ccc2[nH]1. The number of rotatable bonds is 6. The molecular formula is C27H33N3O3. The van der Waals surface area contributed by atoms with Gasteiger partial charge in [-0.3, -0.25) is 4.90 Å². The van der Waals surface area contributed by atoms with Crippen LogP contribution in [0.15, 0.2) is 54.6 Å². The lowest BCUT2D eigenvalue weighted by Gasteiger charge is -2.26. The molecule has 1 N–H and O–H groups in total. The van der Waals surface area contributed by atoms with Gasteiger partial charge in [0.25, 0.3) is 0 Å². The summed E-state index contributed by atoms with van der Waals surface area (Å²) in [4.78, 5) is 19.7. The van der Waals surface area contributed by atoms with E-state index >= 15 is 0 Å². The van der Waals surface area contributed by atoms with Crippen molar-refractivity contribution in [3.63, 3.8) is 0 Å². The van der Waals surface area contributed by atoms with Crippen LogP contribution in [0.2, 0.25) is 0 Å². The zero-order chi connectivity index (χ0) is 23.6. The molecule has 33 heavy (non-hydrogen) atoms. The van der Waals surface area contributed by atoms with Crippen molar-refractivity contribution in [1.82, 2.24) is 14.8 Å². The van der Waals surface area contributed by atoms with Gasteiger partial charge in [-0.1, -0.05) is 24.3 Å². The monoisotopic (exact) mass is 447 g/mol. The average molecular weight is 448 g/mol. The molecule has 1 aliphatic heterocycles. The van der Waals surface area contributed by atoms with Gasteiger partial charge in [-0.2, -0.15) is 0 Å². The number of carbonyl (C=O) groups excluding carboxylic acids is 1. The molecule has 3 aromatic rings. The van der Waals surface area contributed by atoms with Crippen molar-refractivity contribution >= 4 is 22.6 Å². The van der Waals surface area contributed by atoms with Gasteiger partial charge in [0.2, 0.25) is 0 Å². The fourth-order valence-corrected chi connectivity index (χ4v) is 4.06. The zero-order valence-electron chi connectivity index (χ0n) is 20.1. The highest BCUT2D eigenvalue weighted by Gasteiger charge is 2.21. The summed E-state index contributed by atoms with van der Waals surface area (Å²) >= 11 is 0. The second kappa shape index (κ2) is 9.32. The van der Waals surface area contributed by atoms with Crippen LogP contribution in [0, 0.1) is 0 Å². The van der Waals surface area contributed by atoms with E-state index < -0.39 is 5.60 Å². The molecule has 0 radical (unpaired) electrons. The maximum absolute atomic E-state index is 12.2. The number of H-pyrrole nitrogens is 1. The van der Waals surface area contributed by atoms with Crippen LogP contribution in [0.25, 0.3) is 27.7 Å². The summed E-state index contributed by atoms with van der Waals surface area (Å²) in [6.07, 6.45) is 2.00. The average Bonchev–Trinajstić information content (AvgIpc) is 3.42. The van der Waals surface area contributed by atoms with Crippen molar-refractivity contribution in [2.45, 2.75) is 26.4 Å². The Balaban J connectivity index is 1.40. The number of likely N-dealkylation sites (N-methyl/N-ethyl adjacent to an activating group) is 1. The van der Waals surface area contributed by atoms with Gasteiger partial charge in [0.05, 0.1) is 12.8 Å². The van der Waals surface area contributed by atoms with Crippen LogP contribution in [-0.4, -0.2) is 66.8 Å². The summed E-state index contributed by atoms with van der Waals surface area (Å²) in [6, 6.07) is 16.8. The minimum atomic E-state index is -0.476. The van der Waals surface area contributed by atoms with Gasteiger partial charge in [-0.25, -0.2) is 4.79 Å². The van der Waals surface area contributed by atoms with Gasteiger partial charge in [-0.15, -0.1) is 0 Å². The van der Waals surface area contributed by atoms with Crippen LogP contribution in [-0.2, 0) is 4.74 Å². The summed E-state index contributed by atoms with van der Waals surface area (Å²) in [7, 11) is 3.49.